The Bertz CT molecular complexity index is 1050. The number of hydrogen-bond acceptors (Lipinski definition) is 4. The Morgan fingerprint density at radius 3 is 2.56 bits per heavy atom. The van der Waals surface area contributed by atoms with Crippen LogP contribution in [0.2, 0.25) is 0 Å². The Morgan fingerprint density at radius 1 is 1.26 bits per heavy atom. The van der Waals surface area contributed by atoms with Crippen LogP contribution in [0.4, 0.5) is 4.39 Å². The maximum atomic E-state index is 13.3. The Hall–Kier alpha value is -2.54. The molecule has 3 aromatic rings. The lowest BCUT2D eigenvalue weighted by Gasteiger charge is -2.12. The summed E-state index contributed by atoms with van der Waals surface area (Å²) in [6.07, 6.45) is 0. The highest BCUT2D eigenvalue weighted by Crippen LogP contribution is 2.35. The summed E-state index contributed by atoms with van der Waals surface area (Å²) in [5.74, 6) is 0.283. The molecule has 0 bridgehead atoms. The van der Waals surface area contributed by atoms with Crippen molar-refractivity contribution >= 4 is 27.5 Å². The van der Waals surface area contributed by atoms with Crippen LogP contribution in [-0.2, 0) is 11.3 Å². The van der Waals surface area contributed by atoms with E-state index < -0.39 is 0 Å². The molecule has 1 amide bonds. The lowest BCUT2D eigenvalue weighted by atomic mass is 10.0. The first-order valence-corrected chi connectivity index (χ1v) is 9.62. The van der Waals surface area contributed by atoms with Crippen LogP contribution < -0.4 is 10.9 Å². The van der Waals surface area contributed by atoms with Crippen molar-refractivity contribution in [3.8, 4) is 11.1 Å². The van der Waals surface area contributed by atoms with E-state index >= 15 is 0 Å². The van der Waals surface area contributed by atoms with Gasteiger partial charge in [-0.05, 0) is 37.5 Å². The topological polar surface area (TPSA) is 64.0 Å². The largest absolute Gasteiger partial charge is 0.354 e. The summed E-state index contributed by atoms with van der Waals surface area (Å²) in [5, 5.41) is 3.30. The maximum Gasteiger partial charge on any atom is 0.263 e. The molecule has 0 aliphatic carbocycles. The molecule has 0 aliphatic rings. The van der Waals surface area contributed by atoms with Crippen molar-refractivity contribution in [3.63, 3.8) is 0 Å². The number of nitrogens with one attached hydrogen (secondary N) is 1. The minimum atomic E-state index is -0.329. The van der Waals surface area contributed by atoms with Gasteiger partial charge in [-0.25, -0.2) is 9.37 Å². The summed E-state index contributed by atoms with van der Waals surface area (Å²) in [6.45, 7) is 8.14. The number of benzene rings is 1. The predicted octanol–water partition coefficient (Wildman–Crippen LogP) is 3.65. The smallest absolute Gasteiger partial charge is 0.263 e. The molecule has 0 fully saturated rings. The van der Waals surface area contributed by atoms with E-state index in [1.165, 1.54) is 28.0 Å². The summed E-state index contributed by atoms with van der Waals surface area (Å²) in [5.41, 5.74) is 1.27. The van der Waals surface area contributed by atoms with Gasteiger partial charge in [-0.15, -0.1) is 11.3 Å². The lowest BCUT2D eigenvalue weighted by Crippen LogP contribution is -2.35. The molecule has 0 radical (unpaired) electrons. The van der Waals surface area contributed by atoms with Crippen LogP contribution in [0, 0.1) is 25.6 Å². The SMILES string of the molecule is Cc1sc2nc(C)n(CC(=O)NCC(C)C)c(=O)c2c1-c1ccc(F)cc1. The predicted molar refractivity (Wildman–Crippen MR) is 107 cm³/mol. The zero-order chi connectivity index (χ0) is 19.7. The van der Waals surface area contributed by atoms with Gasteiger partial charge in [0, 0.05) is 17.0 Å². The number of aryl methyl sites for hydroxylation is 2. The molecule has 0 spiro atoms. The second-order valence-electron chi connectivity index (χ2n) is 6.97. The van der Waals surface area contributed by atoms with Crippen molar-refractivity contribution in [1.82, 2.24) is 14.9 Å². The van der Waals surface area contributed by atoms with Crippen LogP contribution in [0.15, 0.2) is 29.1 Å². The van der Waals surface area contributed by atoms with Crippen molar-refractivity contribution in [1.29, 1.82) is 0 Å². The number of amides is 1. The molecule has 142 valence electrons. The lowest BCUT2D eigenvalue weighted by molar-refractivity contribution is -0.121. The molecule has 1 N–H and O–H groups in total. The second-order valence-corrected chi connectivity index (χ2v) is 8.17. The molecule has 5 nitrogen and oxygen atoms in total. The molecule has 0 saturated carbocycles. The molecule has 0 unspecified atom stereocenters. The van der Waals surface area contributed by atoms with Gasteiger partial charge in [0.1, 0.15) is 23.0 Å². The van der Waals surface area contributed by atoms with Gasteiger partial charge in [0.15, 0.2) is 0 Å². The Labute approximate surface area is 160 Å². The average Bonchev–Trinajstić information content (AvgIpc) is 2.93. The van der Waals surface area contributed by atoms with Gasteiger partial charge >= 0.3 is 0 Å². The van der Waals surface area contributed by atoms with Crippen molar-refractivity contribution < 1.29 is 9.18 Å². The summed E-state index contributed by atoms with van der Waals surface area (Å²) < 4.78 is 14.7. The van der Waals surface area contributed by atoms with Crippen LogP contribution >= 0.6 is 11.3 Å². The van der Waals surface area contributed by atoms with Crippen LogP contribution in [0.25, 0.3) is 21.3 Å². The van der Waals surface area contributed by atoms with Crippen LogP contribution in [0.1, 0.15) is 24.5 Å². The Balaban J connectivity index is 2.09. The molecule has 2 aromatic heterocycles. The van der Waals surface area contributed by atoms with Crippen LogP contribution in [-0.4, -0.2) is 22.0 Å². The zero-order valence-electron chi connectivity index (χ0n) is 15.8. The van der Waals surface area contributed by atoms with Gasteiger partial charge in [-0.2, -0.15) is 0 Å². The quantitative estimate of drug-likeness (QED) is 0.727. The summed E-state index contributed by atoms with van der Waals surface area (Å²) in [4.78, 5) is 31.5. The van der Waals surface area contributed by atoms with E-state index in [-0.39, 0.29) is 23.8 Å². The molecule has 0 atom stereocenters. The first-order valence-electron chi connectivity index (χ1n) is 8.81. The van der Waals surface area contributed by atoms with E-state index in [1.807, 2.05) is 20.8 Å². The van der Waals surface area contributed by atoms with Gasteiger partial charge in [0.2, 0.25) is 5.91 Å². The van der Waals surface area contributed by atoms with Crippen LogP contribution in [0.5, 0.6) is 0 Å². The molecular formula is C20H22FN3O2S. The number of thiophene rings is 1. The highest BCUT2D eigenvalue weighted by Gasteiger charge is 2.19. The van der Waals surface area contributed by atoms with Gasteiger partial charge in [-0.1, -0.05) is 26.0 Å². The van der Waals surface area contributed by atoms with E-state index in [2.05, 4.69) is 10.3 Å². The van der Waals surface area contributed by atoms with Gasteiger partial charge in [0.05, 0.1) is 5.39 Å². The molecular weight excluding hydrogens is 365 g/mol. The highest BCUT2D eigenvalue weighted by atomic mass is 32.1. The third kappa shape index (κ3) is 3.93. The molecule has 27 heavy (non-hydrogen) atoms. The maximum absolute atomic E-state index is 13.3. The fourth-order valence-electron chi connectivity index (χ4n) is 2.96. The van der Waals surface area contributed by atoms with Crippen molar-refractivity contribution in [2.24, 2.45) is 5.92 Å². The van der Waals surface area contributed by atoms with Crippen LogP contribution in [0.3, 0.4) is 0 Å². The third-order valence-electron chi connectivity index (χ3n) is 4.32. The number of fused-ring (bicyclic) bond motifs is 1. The minimum absolute atomic E-state index is 0.0714. The van der Waals surface area contributed by atoms with E-state index in [9.17, 15) is 14.0 Å². The van der Waals surface area contributed by atoms with Crippen molar-refractivity contribution in [3.05, 3.63) is 51.1 Å². The fraction of sp³-hybridized carbons (Fsp3) is 0.350. The molecule has 3 rings (SSSR count). The molecule has 0 saturated heterocycles. The standard InChI is InChI=1S/C20H22FN3O2S/c1-11(2)9-22-16(25)10-24-13(4)23-19-18(20(24)26)17(12(3)27-19)14-5-7-15(21)8-6-14/h5-8,11H,9-10H2,1-4H3,(H,22,25). The number of rotatable bonds is 5. The fourth-order valence-corrected chi connectivity index (χ4v) is 4.05. The highest BCUT2D eigenvalue weighted by molar-refractivity contribution is 7.19. The number of aromatic nitrogens is 2. The second kappa shape index (κ2) is 7.60. The Kier molecular flexibility index (Phi) is 5.41. The van der Waals surface area contributed by atoms with Crippen molar-refractivity contribution in [2.75, 3.05) is 6.54 Å². The van der Waals surface area contributed by atoms with Crippen molar-refractivity contribution in [2.45, 2.75) is 34.2 Å². The van der Waals surface area contributed by atoms with E-state index in [4.69, 9.17) is 0 Å². The minimum Gasteiger partial charge on any atom is -0.354 e. The summed E-state index contributed by atoms with van der Waals surface area (Å²) in [6, 6.07) is 6.06. The summed E-state index contributed by atoms with van der Waals surface area (Å²) in [7, 11) is 0. The zero-order valence-corrected chi connectivity index (χ0v) is 16.6. The number of hydrogen-bond donors (Lipinski definition) is 1. The first-order chi connectivity index (χ1) is 12.8. The number of carbonyl (C=O) groups is 1. The summed E-state index contributed by atoms with van der Waals surface area (Å²) >= 11 is 1.43. The van der Waals surface area contributed by atoms with E-state index in [1.54, 1.807) is 19.1 Å². The first kappa shape index (κ1) is 19.2. The Morgan fingerprint density at radius 2 is 1.93 bits per heavy atom. The van der Waals surface area contributed by atoms with Gasteiger partial charge in [0.25, 0.3) is 5.56 Å². The normalized spacial score (nSPS) is 11.3. The number of nitrogens with zero attached hydrogens (tertiary/aromatic N) is 2. The van der Waals surface area contributed by atoms with E-state index in [0.717, 1.165) is 16.0 Å². The molecule has 1 aromatic carbocycles. The number of halogens is 1. The molecule has 0 aliphatic heterocycles. The molecule has 2 heterocycles. The number of carbonyl (C=O) groups excluding carboxylic acids is 1. The van der Waals surface area contributed by atoms with Gasteiger partial charge in [-0.3, -0.25) is 14.2 Å². The third-order valence-corrected chi connectivity index (χ3v) is 5.32. The molecule has 7 heteroatoms. The van der Waals surface area contributed by atoms with Gasteiger partial charge < -0.3 is 5.32 Å². The average molecular weight is 387 g/mol. The monoisotopic (exact) mass is 387 g/mol. The van der Waals surface area contributed by atoms with E-state index in [0.29, 0.717) is 28.5 Å².